The summed E-state index contributed by atoms with van der Waals surface area (Å²) in [6, 6.07) is 16.0. The van der Waals surface area contributed by atoms with Crippen molar-refractivity contribution in [2.24, 2.45) is 5.73 Å². The number of H-pyrrole nitrogens is 1. The molecule has 6 nitrogen and oxygen atoms in total. The smallest absolute Gasteiger partial charge is 0.315 e. The van der Waals surface area contributed by atoms with Crippen molar-refractivity contribution in [1.82, 2.24) is 9.88 Å². The summed E-state index contributed by atoms with van der Waals surface area (Å²) in [4.78, 5) is 26.2. The monoisotopic (exact) mass is 405 g/mol. The second-order valence-electron chi connectivity index (χ2n) is 7.38. The van der Waals surface area contributed by atoms with Crippen molar-refractivity contribution in [2.75, 3.05) is 13.1 Å². The molecule has 156 valence electrons. The van der Waals surface area contributed by atoms with Gasteiger partial charge in [0, 0.05) is 36.6 Å². The summed E-state index contributed by atoms with van der Waals surface area (Å²) in [5.41, 5.74) is 11.2. The number of aromatic amines is 1. The van der Waals surface area contributed by atoms with Gasteiger partial charge >= 0.3 is 12.0 Å². The Bertz CT molecular complexity index is 1050. The number of nitrogens with one attached hydrogen (secondary N) is 1. The fraction of sp³-hybridized carbons (Fsp3) is 0.250. The number of aromatic nitrogens is 1. The highest BCUT2D eigenvalue weighted by molar-refractivity contribution is 5.83. The summed E-state index contributed by atoms with van der Waals surface area (Å²) in [5.74, 6) is -0.754. The molecule has 2 heterocycles. The number of nitrogens with two attached hydrogens (primary N) is 1. The van der Waals surface area contributed by atoms with Gasteiger partial charge in [0.15, 0.2) is 0 Å². The van der Waals surface area contributed by atoms with Gasteiger partial charge in [-0.1, -0.05) is 54.1 Å². The van der Waals surface area contributed by atoms with Crippen LogP contribution < -0.4 is 5.73 Å². The van der Waals surface area contributed by atoms with Gasteiger partial charge in [-0.3, -0.25) is 4.79 Å². The lowest BCUT2D eigenvalue weighted by Gasteiger charge is -2.24. The molecule has 0 saturated carbocycles. The minimum absolute atomic E-state index is 0.182. The van der Waals surface area contributed by atoms with Gasteiger partial charge in [0.05, 0.1) is 0 Å². The first kappa shape index (κ1) is 21.2. The zero-order chi connectivity index (χ0) is 21.5. The average molecular weight is 405 g/mol. The van der Waals surface area contributed by atoms with E-state index in [1.165, 1.54) is 16.7 Å². The average Bonchev–Trinajstić information content (AvgIpc) is 3.16. The number of carbonyl (C=O) groups excluding carboxylic acids is 1. The molecule has 30 heavy (non-hydrogen) atoms. The van der Waals surface area contributed by atoms with Crippen LogP contribution in [0.3, 0.4) is 0 Å². The van der Waals surface area contributed by atoms with E-state index in [-0.39, 0.29) is 12.5 Å². The number of carbonyl (C=O) groups is 2. The van der Waals surface area contributed by atoms with E-state index >= 15 is 0 Å². The third-order valence-electron chi connectivity index (χ3n) is 5.23. The molecule has 0 saturated heterocycles. The summed E-state index contributed by atoms with van der Waals surface area (Å²) >= 11 is 0. The molecule has 0 unspecified atom stereocenters. The number of fused-ring (bicyclic) bond motifs is 1. The Morgan fingerprint density at radius 3 is 2.50 bits per heavy atom. The summed E-state index contributed by atoms with van der Waals surface area (Å²) in [6.45, 7) is 3.42. The molecule has 3 aromatic rings. The summed E-state index contributed by atoms with van der Waals surface area (Å²) in [5, 5.41) is 9.69. The molecule has 6 heteroatoms. The Balaban J connectivity index is 0.000000172. The lowest BCUT2D eigenvalue weighted by molar-refractivity contribution is -0.136. The maximum Gasteiger partial charge on any atom is 0.315 e. The van der Waals surface area contributed by atoms with Crippen LogP contribution in [-0.2, 0) is 11.2 Å². The SMILES string of the molecule is Cc1ccc(C2=CCN(C(N)=O)CC2)cc1.O=C(O)CCc1c[nH]c2ccccc12. The topological polar surface area (TPSA) is 99.4 Å². The number of aliphatic carboxylic acids is 1. The number of carboxylic acids is 1. The predicted octanol–water partition coefficient (Wildman–Crippen LogP) is 4.35. The van der Waals surface area contributed by atoms with Gasteiger partial charge in [-0.15, -0.1) is 0 Å². The quantitative estimate of drug-likeness (QED) is 0.602. The normalized spacial score (nSPS) is 13.4. The lowest BCUT2D eigenvalue weighted by Crippen LogP contribution is -2.38. The molecule has 1 aromatic heterocycles. The molecule has 0 fully saturated rings. The number of amides is 2. The van der Waals surface area contributed by atoms with Crippen LogP contribution in [0.5, 0.6) is 0 Å². The maximum atomic E-state index is 11.0. The van der Waals surface area contributed by atoms with E-state index in [1.807, 2.05) is 30.5 Å². The molecular formula is C24H27N3O3. The van der Waals surface area contributed by atoms with E-state index in [0.29, 0.717) is 13.0 Å². The molecule has 1 aliphatic heterocycles. The van der Waals surface area contributed by atoms with Gasteiger partial charge in [-0.05, 0) is 42.5 Å². The first-order valence-corrected chi connectivity index (χ1v) is 10.0. The standard InChI is InChI=1S/C13H16N2O.C11H11NO2/c1-10-2-4-11(5-3-10)12-6-8-15(9-7-12)13(14)16;13-11(14)6-5-8-7-12-10-4-2-1-3-9(8)10/h2-6H,7-9H2,1H3,(H2,14,16);1-4,7,12H,5-6H2,(H,13,14). The second-order valence-corrected chi connectivity index (χ2v) is 7.38. The molecule has 0 aliphatic carbocycles. The third-order valence-corrected chi connectivity index (χ3v) is 5.23. The Kier molecular flexibility index (Phi) is 6.91. The first-order chi connectivity index (χ1) is 14.4. The number of para-hydroxylation sites is 1. The third kappa shape index (κ3) is 5.50. The van der Waals surface area contributed by atoms with Crippen LogP contribution >= 0.6 is 0 Å². The summed E-state index contributed by atoms with van der Waals surface area (Å²) in [6.07, 6.45) is 5.61. The van der Waals surface area contributed by atoms with Gasteiger partial charge < -0.3 is 20.7 Å². The van der Waals surface area contributed by atoms with E-state index in [2.05, 4.69) is 42.2 Å². The van der Waals surface area contributed by atoms with Crippen LogP contribution in [-0.4, -0.2) is 40.1 Å². The molecule has 0 atom stereocenters. The van der Waals surface area contributed by atoms with Crippen molar-refractivity contribution in [3.63, 3.8) is 0 Å². The molecule has 1 aliphatic rings. The van der Waals surface area contributed by atoms with Crippen LogP contribution in [0.2, 0.25) is 0 Å². The molecule has 0 radical (unpaired) electrons. The number of aryl methyl sites for hydroxylation is 2. The largest absolute Gasteiger partial charge is 0.481 e. The van der Waals surface area contributed by atoms with Crippen molar-refractivity contribution >= 4 is 28.5 Å². The first-order valence-electron chi connectivity index (χ1n) is 10.0. The number of hydrogen-bond acceptors (Lipinski definition) is 2. The number of benzene rings is 2. The van der Waals surface area contributed by atoms with E-state index in [0.717, 1.165) is 29.4 Å². The molecule has 2 amide bonds. The number of rotatable bonds is 4. The lowest BCUT2D eigenvalue weighted by atomic mass is 9.99. The molecule has 4 N–H and O–H groups in total. The van der Waals surface area contributed by atoms with E-state index in [1.54, 1.807) is 4.90 Å². The van der Waals surface area contributed by atoms with Crippen molar-refractivity contribution < 1.29 is 14.7 Å². The summed E-state index contributed by atoms with van der Waals surface area (Å²) < 4.78 is 0. The van der Waals surface area contributed by atoms with E-state index < -0.39 is 5.97 Å². The number of carboxylic acid groups (broad SMARTS) is 1. The number of urea groups is 1. The van der Waals surface area contributed by atoms with Crippen LogP contribution in [0.1, 0.15) is 29.5 Å². The highest BCUT2D eigenvalue weighted by atomic mass is 16.4. The molecule has 2 aromatic carbocycles. The Morgan fingerprint density at radius 2 is 1.87 bits per heavy atom. The van der Waals surface area contributed by atoms with Crippen molar-refractivity contribution in [2.45, 2.75) is 26.2 Å². The minimum Gasteiger partial charge on any atom is -0.481 e. The van der Waals surface area contributed by atoms with Gasteiger partial charge in [0.2, 0.25) is 0 Å². The van der Waals surface area contributed by atoms with Crippen LogP contribution in [0, 0.1) is 6.92 Å². The Morgan fingerprint density at radius 1 is 1.13 bits per heavy atom. The fourth-order valence-electron chi connectivity index (χ4n) is 3.48. The summed E-state index contributed by atoms with van der Waals surface area (Å²) in [7, 11) is 0. The molecule has 0 spiro atoms. The van der Waals surface area contributed by atoms with Crippen molar-refractivity contribution in [3.8, 4) is 0 Å². The van der Waals surface area contributed by atoms with Gasteiger partial charge in [0.25, 0.3) is 0 Å². The molecule has 4 rings (SSSR count). The second kappa shape index (κ2) is 9.78. The van der Waals surface area contributed by atoms with E-state index in [9.17, 15) is 9.59 Å². The minimum atomic E-state index is -0.754. The number of nitrogens with zero attached hydrogens (tertiary/aromatic N) is 1. The Labute approximate surface area is 176 Å². The fourth-order valence-corrected chi connectivity index (χ4v) is 3.48. The van der Waals surface area contributed by atoms with Gasteiger partial charge in [0.1, 0.15) is 0 Å². The Hall–Kier alpha value is -3.54. The zero-order valence-electron chi connectivity index (χ0n) is 17.1. The highest BCUT2D eigenvalue weighted by Gasteiger charge is 2.14. The van der Waals surface area contributed by atoms with Gasteiger partial charge in [-0.2, -0.15) is 0 Å². The zero-order valence-corrected chi connectivity index (χ0v) is 17.1. The number of primary amides is 1. The van der Waals surface area contributed by atoms with Crippen molar-refractivity contribution in [3.05, 3.63) is 77.5 Å². The van der Waals surface area contributed by atoms with Gasteiger partial charge in [-0.25, -0.2) is 4.79 Å². The highest BCUT2D eigenvalue weighted by Crippen LogP contribution is 2.22. The number of hydrogen-bond donors (Lipinski definition) is 3. The molecule has 0 bridgehead atoms. The maximum absolute atomic E-state index is 11.0. The predicted molar refractivity (Wildman–Crippen MR) is 119 cm³/mol. The van der Waals surface area contributed by atoms with Crippen LogP contribution in [0.15, 0.2) is 60.8 Å². The van der Waals surface area contributed by atoms with E-state index in [4.69, 9.17) is 10.8 Å². The van der Waals surface area contributed by atoms with Crippen LogP contribution in [0.25, 0.3) is 16.5 Å². The van der Waals surface area contributed by atoms with Crippen molar-refractivity contribution in [1.29, 1.82) is 0 Å². The molecular weight excluding hydrogens is 378 g/mol. The van der Waals surface area contributed by atoms with Crippen LogP contribution in [0.4, 0.5) is 4.79 Å².